The Morgan fingerprint density at radius 2 is 2.00 bits per heavy atom. The van der Waals surface area contributed by atoms with Gasteiger partial charge in [0, 0.05) is 6.42 Å². The first kappa shape index (κ1) is 16.6. The van der Waals surface area contributed by atoms with Crippen molar-refractivity contribution in [2.75, 3.05) is 6.61 Å². The number of rotatable bonds is 9. The SMILES string of the molecule is CC(C)C/C=C\CCCC(=O)OCC(N)C(=O)O. The van der Waals surface area contributed by atoms with Crippen LogP contribution in [0.25, 0.3) is 0 Å². The van der Waals surface area contributed by atoms with Gasteiger partial charge in [-0.15, -0.1) is 0 Å². The van der Waals surface area contributed by atoms with Gasteiger partial charge in [0.15, 0.2) is 0 Å². The van der Waals surface area contributed by atoms with Crippen molar-refractivity contribution in [3.05, 3.63) is 12.2 Å². The summed E-state index contributed by atoms with van der Waals surface area (Å²) in [6, 6.07) is -1.14. The summed E-state index contributed by atoms with van der Waals surface area (Å²) in [5.74, 6) is -0.924. The van der Waals surface area contributed by atoms with E-state index >= 15 is 0 Å². The summed E-state index contributed by atoms with van der Waals surface area (Å²) in [4.78, 5) is 21.6. The van der Waals surface area contributed by atoms with E-state index < -0.39 is 18.0 Å². The lowest BCUT2D eigenvalue weighted by molar-refractivity contribution is -0.147. The molecule has 0 saturated carbocycles. The van der Waals surface area contributed by atoms with E-state index in [0.717, 1.165) is 12.8 Å². The third-order valence-electron chi connectivity index (χ3n) is 2.27. The fourth-order valence-corrected chi connectivity index (χ4v) is 1.18. The molecule has 0 aromatic carbocycles. The third-order valence-corrected chi connectivity index (χ3v) is 2.27. The number of carboxylic acid groups (broad SMARTS) is 1. The minimum absolute atomic E-state index is 0.267. The summed E-state index contributed by atoms with van der Waals surface area (Å²) in [5, 5.41) is 8.49. The minimum Gasteiger partial charge on any atom is -0.480 e. The van der Waals surface area contributed by atoms with Gasteiger partial charge in [-0.25, -0.2) is 0 Å². The average molecular weight is 257 g/mol. The molecule has 18 heavy (non-hydrogen) atoms. The molecule has 5 heteroatoms. The molecule has 0 radical (unpaired) electrons. The van der Waals surface area contributed by atoms with Crippen LogP contribution in [0.4, 0.5) is 0 Å². The number of unbranched alkanes of at least 4 members (excludes halogenated alkanes) is 1. The molecule has 0 saturated heterocycles. The van der Waals surface area contributed by atoms with Crippen molar-refractivity contribution in [3.63, 3.8) is 0 Å². The third kappa shape index (κ3) is 9.84. The highest BCUT2D eigenvalue weighted by Gasteiger charge is 2.13. The summed E-state index contributed by atoms with van der Waals surface area (Å²) in [5.41, 5.74) is 5.20. The highest BCUT2D eigenvalue weighted by Crippen LogP contribution is 2.03. The maximum Gasteiger partial charge on any atom is 0.324 e. The Morgan fingerprint density at radius 1 is 1.33 bits per heavy atom. The molecule has 0 heterocycles. The summed E-state index contributed by atoms with van der Waals surface area (Å²) in [6.07, 6.45) is 7.02. The molecule has 0 fully saturated rings. The topological polar surface area (TPSA) is 89.6 Å². The van der Waals surface area contributed by atoms with Gasteiger partial charge in [0.05, 0.1) is 0 Å². The highest BCUT2D eigenvalue weighted by atomic mass is 16.5. The first-order valence-electron chi connectivity index (χ1n) is 6.22. The average Bonchev–Trinajstić information content (AvgIpc) is 2.29. The first-order valence-corrected chi connectivity index (χ1v) is 6.22. The van der Waals surface area contributed by atoms with Crippen molar-refractivity contribution in [1.29, 1.82) is 0 Å². The maximum absolute atomic E-state index is 11.2. The Morgan fingerprint density at radius 3 is 2.56 bits per heavy atom. The lowest BCUT2D eigenvalue weighted by Gasteiger charge is -2.07. The monoisotopic (exact) mass is 257 g/mol. The van der Waals surface area contributed by atoms with Crippen LogP contribution in [0.15, 0.2) is 12.2 Å². The zero-order valence-corrected chi connectivity index (χ0v) is 11.1. The number of carbonyl (C=O) groups is 2. The fourth-order valence-electron chi connectivity index (χ4n) is 1.18. The van der Waals surface area contributed by atoms with E-state index in [4.69, 9.17) is 15.6 Å². The first-order chi connectivity index (χ1) is 8.43. The normalized spacial score (nSPS) is 12.9. The quantitative estimate of drug-likeness (QED) is 0.373. The van der Waals surface area contributed by atoms with Gasteiger partial charge in [0.2, 0.25) is 0 Å². The molecule has 0 aliphatic rings. The fraction of sp³-hybridized carbons (Fsp3) is 0.692. The molecule has 5 nitrogen and oxygen atoms in total. The van der Waals surface area contributed by atoms with Crippen LogP contribution < -0.4 is 5.73 Å². The summed E-state index contributed by atoms with van der Waals surface area (Å²) >= 11 is 0. The number of hydrogen-bond donors (Lipinski definition) is 2. The van der Waals surface area contributed by atoms with Gasteiger partial charge in [-0.1, -0.05) is 26.0 Å². The summed E-state index contributed by atoms with van der Waals surface area (Å²) in [7, 11) is 0. The zero-order valence-electron chi connectivity index (χ0n) is 11.1. The van der Waals surface area contributed by atoms with E-state index in [0.29, 0.717) is 18.8 Å². The van der Waals surface area contributed by atoms with Gasteiger partial charge in [-0.3, -0.25) is 9.59 Å². The van der Waals surface area contributed by atoms with Crippen LogP contribution in [-0.2, 0) is 14.3 Å². The van der Waals surface area contributed by atoms with Crippen LogP contribution in [0.2, 0.25) is 0 Å². The second-order valence-electron chi connectivity index (χ2n) is 4.62. The number of allylic oxidation sites excluding steroid dienone is 2. The summed E-state index contributed by atoms with van der Waals surface area (Å²) in [6.45, 7) is 4.03. The van der Waals surface area contributed by atoms with E-state index in [2.05, 4.69) is 26.0 Å². The molecule has 0 amide bonds. The molecule has 0 bridgehead atoms. The van der Waals surface area contributed by atoms with Crippen molar-refractivity contribution in [2.24, 2.45) is 11.7 Å². The van der Waals surface area contributed by atoms with Gasteiger partial charge in [-0.05, 0) is 25.2 Å². The van der Waals surface area contributed by atoms with Crippen molar-refractivity contribution in [2.45, 2.75) is 45.6 Å². The lowest BCUT2D eigenvalue weighted by Crippen LogP contribution is -2.35. The number of ether oxygens (including phenoxy) is 1. The van der Waals surface area contributed by atoms with Gasteiger partial charge in [0.25, 0.3) is 0 Å². The largest absolute Gasteiger partial charge is 0.480 e. The second kappa shape index (κ2) is 9.65. The van der Waals surface area contributed by atoms with E-state index in [9.17, 15) is 9.59 Å². The molecule has 1 atom stereocenters. The number of nitrogens with two attached hydrogens (primary N) is 1. The van der Waals surface area contributed by atoms with Gasteiger partial charge in [-0.2, -0.15) is 0 Å². The number of hydrogen-bond acceptors (Lipinski definition) is 4. The lowest BCUT2D eigenvalue weighted by atomic mass is 10.1. The molecule has 0 aromatic rings. The van der Waals surface area contributed by atoms with E-state index in [1.807, 2.05) is 0 Å². The predicted molar refractivity (Wildman–Crippen MR) is 69.0 cm³/mol. The van der Waals surface area contributed by atoms with Crippen LogP contribution in [-0.4, -0.2) is 29.7 Å². The van der Waals surface area contributed by atoms with Gasteiger partial charge < -0.3 is 15.6 Å². The molecule has 3 N–H and O–H groups in total. The number of esters is 1. The standard InChI is InChI=1S/C13H23NO4/c1-10(2)7-5-3-4-6-8-12(15)18-9-11(14)13(16)17/h3,5,10-11H,4,6-9,14H2,1-2H3,(H,16,17)/b5-3-. The molecule has 0 spiro atoms. The van der Waals surface area contributed by atoms with Gasteiger partial charge in [0.1, 0.15) is 12.6 Å². The highest BCUT2D eigenvalue weighted by molar-refractivity contribution is 5.74. The van der Waals surface area contributed by atoms with E-state index in [1.54, 1.807) is 0 Å². The number of aliphatic carboxylic acids is 1. The maximum atomic E-state index is 11.2. The van der Waals surface area contributed by atoms with Crippen molar-refractivity contribution in [1.82, 2.24) is 0 Å². The van der Waals surface area contributed by atoms with Crippen molar-refractivity contribution in [3.8, 4) is 0 Å². The molecular formula is C13H23NO4. The minimum atomic E-state index is -1.17. The van der Waals surface area contributed by atoms with E-state index in [-0.39, 0.29) is 6.61 Å². The smallest absolute Gasteiger partial charge is 0.324 e. The van der Waals surface area contributed by atoms with Crippen LogP contribution >= 0.6 is 0 Å². The van der Waals surface area contributed by atoms with Crippen LogP contribution in [0.1, 0.15) is 39.5 Å². The Hall–Kier alpha value is -1.36. The predicted octanol–water partition coefficient (Wildman–Crippen LogP) is 1.71. The Kier molecular flexibility index (Phi) is 8.92. The molecule has 0 aromatic heterocycles. The van der Waals surface area contributed by atoms with Crippen LogP contribution in [0, 0.1) is 5.92 Å². The van der Waals surface area contributed by atoms with Crippen LogP contribution in [0.5, 0.6) is 0 Å². The second-order valence-corrected chi connectivity index (χ2v) is 4.62. The van der Waals surface area contributed by atoms with Crippen LogP contribution in [0.3, 0.4) is 0 Å². The molecular weight excluding hydrogens is 234 g/mol. The van der Waals surface area contributed by atoms with Crippen molar-refractivity contribution < 1.29 is 19.4 Å². The van der Waals surface area contributed by atoms with E-state index in [1.165, 1.54) is 0 Å². The Bertz CT molecular complexity index is 287. The summed E-state index contributed by atoms with van der Waals surface area (Å²) < 4.78 is 4.74. The number of carboxylic acids is 1. The number of carbonyl (C=O) groups excluding carboxylic acids is 1. The Balaban J connectivity index is 3.54. The Labute approximate surface area is 108 Å². The molecule has 0 rings (SSSR count). The zero-order chi connectivity index (χ0) is 14.0. The molecule has 0 aliphatic carbocycles. The van der Waals surface area contributed by atoms with Gasteiger partial charge >= 0.3 is 11.9 Å². The van der Waals surface area contributed by atoms with Crippen molar-refractivity contribution >= 4 is 11.9 Å². The molecule has 1 unspecified atom stereocenters. The molecule has 0 aliphatic heterocycles. The molecule has 104 valence electrons.